The number of pyridine rings is 1. The number of carboxylic acid groups (broad SMARTS) is 1. The molecule has 2 heterocycles. The van der Waals surface area contributed by atoms with Gasteiger partial charge in [0.15, 0.2) is 0 Å². The molecule has 1 atom stereocenters. The molecule has 1 N–H and O–H groups in total. The number of aromatic nitrogens is 1. The lowest BCUT2D eigenvalue weighted by Crippen LogP contribution is -2.14. The van der Waals surface area contributed by atoms with Gasteiger partial charge >= 0.3 is 5.97 Å². The van der Waals surface area contributed by atoms with Crippen molar-refractivity contribution >= 4 is 5.97 Å². The third-order valence-electron chi connectivity index (χ3n) is 3.08. The Morgan fingerprint density at radius 3 is 2.83 bits per heavy atom. The molecule has 90 valence electrons. The maximum Gasteiger partial charge on any atom is 0.315 e. The molecule has 18 heavy (non-hydrogen) atoms. The Balaban J connectivity index is 2.24. The Hall–Kier alpha value is -2.36. The smallest absolute Gasteiger partial charge is 0.315 e. The first kappa shape index (κ1) is 10.8. The molecular weight excluding hydrogens is 230 g/mol. The van der Waals surface area contributed by atoms with Gasteiger partial charge in [-0.3, -0.25) is 9.78 Å². The Morgan fingerprint density at radius 2 is 2.00 bits per heavy atom. The van der Waals surface area contributed by atoms with Gasteiger partial charge in [0.05, 0.1) is 5.69 Å². The van der Waals surface area contributed by atoms with Gasteiger partial charge in [0.25, 0.3) is 0 Å². The summed E-state index contributed by atoms with van der Waals surface area (Å²) in [5.74, 6) is -0.988. The number of para-hydroxylation sites is 1. The summed E-state index contributed by atoms with van der Waals surface area (Å²) < 4.78 is 5.63. The molecule has 0 amide bonds. The van der Waals surface area contributed by atoms with Crippen LogP contribution in [0.5, 0.6) is 5.75 Å². The van der Waals surface area contributed by atoms with Gasteiger partial charge in [-0.25, -0.2) is 0 Å². The lowest BCUT2D eigenvalue weighted by molar-refractivity contribution is -0.137. The maximum absolute atomic E-state index is 11.5. The highest BCUT2D eigenvalue weighted by Crippen LogP contribution is 2.36. The van der Waals surface area contributed by atoms with Gasteiger partial charge in [-0.15, -0.1) is 0 Å². The third-order valence-corrected chi connectivity index (χ3v) is 3.08. The summed E-state index contributed by atoms with van der Waals surface area (Å²) in [6.45, 7) is 0.303. The maximum atomic E-state index is 11.5. The first-order valence-corrected chi connectivity index (χ1v) is 5.65. The van der Waals surface area contributed by atoms with Crippen LogP contribution in [0.15, 0.2) is 42.6 Å². The number of benzene rings is 1. The molecule has 0 saturated carbocycles. The number of rotatable bonds is 1. The van der Waals surface area contributed by atoms with Gasteiger partial charge in [0, 0.05) is 11.8 Å². The molecule has 0 spiro atoms. The molecule has 2 aromatic rings. The number of aliphatic carboxylic acids is 1. The van der Waals surface area contributed by atoms with Crippen molar-refractivity contribution in [3.63, 3.8) is 0 Å². The second kappa shape index (κ2) is 4.14. The van der Waals surface area contributed by atoms with Crippen LogP contribution in [-0.4, -0.2) is 16.1 Å². The molecule has 0 radical (unpaired) electrons. The van der Waals surface area contributed by atoms with Crippen LogP contribution in [0.2, 0.25) is 0 Å². The molecule has 1 aliphatic rings. The number of hydrogen-bond acceptors (Lipinski definition) is 3. The zero-order valence-corrected chi connectivity index (χ0v) is 9.54. The van der Waals surface area contributed by atoms with E-state index < -0.39 is 11.9 Å². The average Bonchev–Trinajstić information content (AvgIpc) is 2.55. The van der Waals surface area contributed by atoms with Crippen LogP contribution >= 0.6 is 0 Å². The standard InChI is InChI=1S/C14H11NO3/c16-14(17)13-9-5-3-7-15-11(9)8-18-12-6-2-1-4-10(12)13/h1-7,13H,8H2,(H,16,17)/t13-/m1/s1. The van der Waals surface area contributed by atoms with Crippen molar-refractivity contribution in [1.29, 1.82) is 0 Å². The van der Waals surface area contributed by atoms with Crippen LogP contribution in [-0.2, 0) is 11.4 Å². The Labute approximate surface area is 104 Å². The van der Waals surface area contributed by atoms with E-state index in [0.29, 0.717) is 29.2 Å². The molecule has 1 aliphatic heterocycles. The summed E-state index contributed by atoms with van der Waals surface area (Å²) in [5, 5.41) is 9.47. The number of hydrogen-bond donors (Lipinski definition) is 1. The van der Waals surface area contributed by atoms with Crippen molar-refractivity contribution in [3.05, 3.63) is 59.4 Å². The van der Waals surface area contributed by atoms with Gasteiger partial charge in [0.2, 0.25) is 0 Å². The van der Waals surface area contributed by atoms with E-state index in [4.69, 9.17) is 4.74 Å². The lowest BCUT2D eigenvalue weighted by Gasteiger charge is -2.13. The van der Waals surface area contributed by atoms with E-state index in [-0.39, 0.29) is 0 Å². The van der Waals surface area contributed by atoms with E-state index in [9.17, 15) is 9.90 Å². The molecule has 4 nitrogen and oxygen atoms in total. The highest BCUT2D eigenvalue weighted by atomic mass is 16.5. The van der Waals surface area contributed by atoms with E-state index in [1.54, 1.807) is 30.5 Å². The lowest BCUT2D eigenvalue weighted by atomic mass is 9.90. The zero-order chi connectivity index (χ0) is 12.5. The summed E-state index contributed by atoms with van der Waals surface area (Å²) in [6.07, 6.45) is 1.65. The SMILES string of the molecule is O=C(O)[C@H]1c2ccccc2OCc2ncccc21. The Morgan fingerprint density at radius 1 is 1.22 bits per heavy atom. The topological polar surface area (TPSA) is 59.4 Å². The molecule has 3 rings (SSSR count). The molecule has 0 saturated heterocycles. The quantitative estimate of drug-likeness (QED) is 0.831. The number of fused-ring (bicyclic) bond motifs is 2. The van der Waals surface area contributed by atoms with Crippen LogP contribution in [0, 0.1) is 0 Å². The van der Waals surface area contributed by atoms with Crippen LogP contribution in [0.3, 0.4) is 0 Å². The second-order valence-corrected chi connectivity index (χ2v) is 4.14. The van der Waals surface area contributed by atoms with E-state index in [1.165, 1.54) is 0 Å². The minimum absolute atomic E-state index is 0.303. The van der Waals surface area contributed by atoms with Crippen LogP contribution in [0.1, 0.15) is 22.7 Å². The number of nitrogens with zero attached hydrogens (tertiary/aromatic N) is 1. The van der Waals surface area contributed by atoms with Crippen molar-refractivity contribution in [2.45, 2.75) is 12.5 Å². The summed E-state index contributed by atoms with van der Waals surface area (Å²) in [6, 6.07) is 10.8. The molecule has 4 heteroatoms. The predicted octanol–water partition coefficient (Wildman–Crippen LogP) is 2.19. The van der Waals surface area contributed by atoms with Crippen molar-refractivity contribution in [2.24, 2.45) is 0 Å². The number of carbonyl (C=O) groups is 1. The minimum atomic E-state index is -0.887. The fourth-order valence-corrected chi connectivity index (χ4v) is 2.26. The summed E-state index contributed by atoms with van der Waals surface area (Å²) in [5.41, 5.74) is 2.06. The van der Waals surface area contributed by atoms with Crippen molar-refractivity contribution in [2.75, 3.05) is 0 Å². The normalized spacial score (nSPS) is 17.0. The first-order valence-electron chi connectivity index (χ1n) is 5.65. The van der Waals surface area contributed by atoms with Gasteiger partial charge in [-0.1, -0.05) is 24.3 Å². The molecular formula is C14H11NO3. The summed E-state index contributed by atoms with van der Waals surface area (Å²) >= 11 is 0. The highest BCUT2D eigenvalue weighted by molar-refractivity contribution is 5.82. The van der Waals surface area contributed by atoms with E-state index in [1.807, 2.05) is 12.1 Å². The molecule has 0 unspecified atom stereocenters. The van der Waals surface area contributed by atoms with Crippen LogP contribution in [0.4, 0.5) is 0 Å². The third kappa shape index (κ3) is 1.62. The number of ether oxygens (including phenoxy) is 1. The monoisotopic (exact) mass is 241 g/mol. The minimum Gasteiger partial charge on any atom is -0.487 e. The molecule has 0 aliphatic carbocycles. The summed E-state index contributed by atoms with van der Waals surface area (Å²) in [7, 11) is 0. The van der Waals surface area contributed by atoms with Gasteiger partial charge in [0.1, 0.15) is 18.3 Å². The van der Waals surface area contributed by atoms with E-state index >= 15 is 0 Å². The number of carboxylic acids is 1. The van der Waals surface area contributed by atoms with Gasteiger partial charge in [-0.2, -0.15) is 0 Å². The van der Waals surface area contributed by atoms with Crippen LogP contribution in [0.25, 0.3) is 0 Å². The fourth-order valence-electron chi connectivity index (χ4n) is 2.26. The fraction of sp³-hybridized carbons (Fsp3) is 0.143. The predicted molar refractivity (Wildman–Crippen MR) is 64.5 cm³/mol. The first-order chi connectivity index (χ1) is 8.77. The van der Waals surface area contributed by atoms with Crippen molar-refractivity contribution in [1.82, 2.24) is 4.98 Å². The highest BCUT2D eigenvalue weighted by Gasteiger charge is 2.30. The largest absolute Gasteiger partial charge is 0.487 e. The summed E-state index contributed by atoms with van der Waals surface area (Å²) in [4.78, 5) is 15.8. The molecule has 1 aromatic heterocycles. The molecule has 1 aromatic carbocycles. The molecule has 0 fully saturated rings. The van der Waals surface area contributed by atoms with E-state index in [2.05, 4.69) is 4.98 Å². The Kier molecular flexibility index (Phi) is 2.48. The van der Waals surface area contributed by atoms with Crippen molar-refractivity contribution in [3.8, 4) is 5.75 Å². The molecule has 0 bridgehead atoms. The average molecular weight is 241 g/mol. The van der Waals surface area contributed by atoms with E-state index in [0.717, 1.165) is 0 Å². The Bertz CT molecular complexity index is 562. The second-order valence-electron chi connectivity index (χ2n) is 4.14. The van der Waals surface area contributed by atoms with Gasteiger partial charge < -0.3 is 9.84 Å². The zero-order valence-electron chi connectivity index (χ0n) is 9.54. The van der Waals surface area contributed by atoms with Crippen LogP contribution < -0.4 is 4.74 Å². The van der Waals surface area contributed by atoms with Gasteiger partial charge in [-0.05, 0) is 17.7 Å². The van der Waals surface area contributed by atoms with Crippen molar-refractivity contribution < 1.29 is 14.6 Å².